The van der Waals surface area contributed by atoms with Crippen LogP contribution in [0.25, 0.3) is 54.6 Å². The summed E-state index contributed by atoms with van der Waals surface area (Å²) in [4.78, 5) is 4.62. The Morgan fingerprint density at radius 2 is 1.13 bits per heavy atom. The Hall–Kier alpha value is -8.02. The van der Waals surface area contributed by atoms with Crippen LogP contribution in [0, 0.1) is 0 Å². The van der Waals surface area contributed by atoms with Gasteiger partial charge in [0, 0.05) is 73.7 Å². The van der Waals surface area contributed by atoms with Gasteiger partial charge in [-0.25, -0.2) is 0 Å². The van der Waals surface area contributed by atoms with Gasteiger partial charge in [0.05, 0.1) is 0 Å². The van der Waals surface area contributed by atoms with Gasteiger partial charge in [-0.3, -0.25) is 0 Å². The van der Waals surface area contributed by atoms with Gasteiger partial charge in [0.15, 0.2) is 0 Å². The summed E-state index contributed by atoms with van der Waals surface area (Å²) in [7, 11) is 0. The maximum absolute atomic E-state index is 6.99. The number of rotatable bonds is 8. The number of para-hydroxylation sites is 3. The van der Waals surface area contributed by atoms with Crippen molar-refractivity contribution in [2.75, 3.05) is 9.80 Å². The van der Waals surface area contributed by atoms with Crippen molar-refractivity contribution in [2.45, 2.75) is 12.5 Å². The largest absolute Gasteiger partial charge is 0.485 e. The van der Waals surface area contributed by atoms with E-state index in [0.717, 1.165) is 95.2 Å². The SMILES string of the molecule is C1=CC(Oc2ccc3c4c(cccc24)Oc2cc(N(c4ccccc4)c4ccccc4)ccc2-3)CC(N(c2ccc3ccccc3c2)c2ccc3oc4ccccc4c3c2)=C1. The Balaban J connectivity index is 0.884. The van der Waals surface area contributed by atoms with E-state index in [0.29, 0.717) is 6.42 Å². The predicted molar refractivity (Wildman–Crippen MR) is 250 cm³/mol. The maximum atomic E-state index is 6.99. The van der Waals surface area contributed by atoms with Crippen molar-refractivity contribution >= 4 is 71.9 Å². The second kappa shape index (κ2) is 14.4. The molecule has 0 saturated heterocycles. The normalized spacial score (nSPS) is 14.2. The fraction of sp³-hybridized carbons (Fsp3) is 0.0357. The molecule has 61 heavy (non-hydrogen) atoms. The van der Waals surface area contributed by atoms with Gasteiger partial charge in [0.1, 0.15) is 34.5 Å². The Labute approximate surface area is 353 Å². The first-order valence-corrected chi connectivity index (χ1v) is 20.7. The van der Waals surface area contributed by atoms with Crippen LogP contribution in [0.3, 0.4) is 0 Å². The van der Waals surface area contributed by atoms with Crippen LogP contribution >= 0.6 is 0 Å². The summed E-state index contributed by atoms with van der Waals surface area (Å²) in [6.45, 7) is 0. The molecular weight excluding hydrogens is 749 g/mol. The van der Waals surface area contributed by atoms with E-state index in [1.54, 1.807) is 0 Å². The van der Waals surface area contributed by atoms with Crippen LogP contribution in [0.1, 0.15) is 6.42 Å². The second-order valence-corrected chi connectivity index (χ2v) is 15.6. The number of furan rings is 1. The smallest absolute Gasteiger partial charge is 0.137 e. The summed E-state index contributed by atoms with van der Waals surface area (Å²) in [5.74, 6) is 2.46. The minimum absolute atomic E-state index is 0.209. The first-order valence-electron chi connectivity index (χ1n) is 20.7. The second-order valence-electron chi connectivity index (χ2n) is 15.6. The third kappa shape index (κ3) is 6.09. The molecule has 0 saturated carbocycles. The van der Waals surface area contributed by atoms with Crippen LogP contribution in [0.15, 0.2) is 222 Å². The van der Waals surface area contributed by atoms with Crippen molar-refractivity contribution in [3.8, 4) is 28.4 Å². The third-order valence-corrected chi connectivity index (χ3v) is 11.9. The molecule has 1 atom stereocenters. The average Bonchev–Trinajstić information content (AvgIpc) is 3.69. The Morgan fingerprint density at radius 1 is 0.459 bits per heavy atom. The minimum Gasteiger partial charge on any atom is -0.485 e. The van der Waals surface area contributed by atoms with Crippen LogP contribution in [0.2, 0.25) is 0 Å². The molecule has 5 nitrogen and oxygen atoms in total. The Bertz CT molecular complexity index is 3330. The number of hydrogen-bond donors (Lipinski definition) is 0. The molecule has 5 heteroatoms. The molecule has 0 N–H and O–H groups in total. The fourth-order valence-electron chi connectivity index (χ4n) is 9.13. The highest BCUT2D eigenvalue weighted by Gasteiger charge is 2.26. The maximum Gasteiger partial charge on any atom is 0.137 e. The van der Waals surface area contributed by atoms with Crippen molar-refractivity contribution < 1.29 is 13.9 Å². The zero-order valence-electron chi connectivity index (χ0n) is 33.1. The predicted octanol–water partition coefficient (Wildman–Crippen LogP) is 15.6. The van der Waals surface area contributed by atoms with Crippen molar-refractivity contribution in [1.29, 1.82) is 0 Å². The number of benzene rings is 9. The molecule has 2 aliphatic rings. The molecule has 9 aromatic carbocycles. The average molecular weight is 787 g/mol. The molecule has 1 aliphatic carbocycles. The molecule has 290 valence electrons. The van der Waals surface area contributed by atoms with Gasteiger partial charge in [-0.05, 0) is 119 Å². The van der Waals surface area contributed by atoms with Gasteiger partial charge >= 0.3 is 0 Å². The van der Waals surface area contributed by atoms with E-state index < -0.39 is 0 Å². The van der Waals surface area contributed by atoms with Crippen molar-refractivity contribution in [3.05, 3.63) is 218 Å². The lowest BCUT2D eigenvalue weighted by molar-refractivity contribution is 0.250. The van der Waals surface area contributed by atoms with Crippen LogP contribution in [0.5, 0.6) is 17.2 Å². The zero-order valence-corrected chi connectivity index (χ0v) is 33.1. The van der Waals surface area contributed by atoms with E-state index in [4.69, 9.17) is 13.9 Å². The van der Waals surface area contributed by atoms with Crippen molar-refractivity contribution in [2.24, 2.45) is 0 Å². The molecule has 12 rings (SSSR count). The minimum atomic E-state index is -0.209. The lowest BCUT2D eigenvalue weighted by Crippen LogP contribution is -2.25. The summed E-state index contributed by atoms with van der Waals surface area (Å²) in [5.41, 5.74) is 10.4. The van der Waals surface area contributed by atoms with E-state index in [9.17, 15) is 0 Å². The number of nitrogens with zero attached hydrogens (tertiary/aromatic N) is 2. The number of ether oxygens (including phenoxy) is 2. The lowest BCUT2D eigenvalue weighted by Gasteiger charge is -2.32. The zero-order chi connectivity index (χ0) is 40.3. The van der Waals surface area contributed by atoms with Crippen molar-refractivity contribution in [1.82, 2.24) is 0 Å². The van der Waals surface area contributed by atoms with Gasteiger partial charge in [0.25, 0.3) is 0 Å². The van der Waals surface area contributed by atoms with E-state index in [1.807, 2.05) is 24.3 Å². The molecule has 0 fully saturated rings. The molecular formula is C56H38N2O3. The highest BCUT2D eigenvalue weighted by molar-refractivity contribution is 6.08. The summed E-state index contributed by atoms with van der Waals surface area (Å²) < 4.78 is 20.0. The van der Waals surface area contributed by atoms with Gasteiger partial charge < -0.3 is 23.7 Å². The fourth-order valence-corrected chi connectivity index (χ4v) is 9.13. The molecule has 10 aromatic rings. The number of allylic oxidation sites excluding steroid dienone is 2. The van der Waals surface area contributed by atoms with Gasteiger partial charge in [0.2, 0.25) is 0 Å². The highest BCUT2D eigenvalue weighted by Crippen LogP contribution is 2.51. The van der Waals surface area contributed by atoms with E-state index in [1.165, 1.54) is 10.8 Å². The molecule has 0 amide bonds. The lowest BCUT2D eigenvalue weighted by atomic mass is 9.93. The van der Waals surface area contributed by atoms with Crippen LogP contribution in [-0.2, 0) is 0 Å². The van der Waals surface area contributed by atoms with E-state index in [2.05, 4.69) is 198 Å². The van der Waals surface area contributed by atoms with Gasteiger partial charge in [-0.1, -0.05) is 103 Å². The summed E-state index contributed by atoms with van der Waals surface area (Å²) in [6.07, 6.45) is 6.94. The summed E-state index contributed by atoms with van der Waals surface area (Å²) in [5, 5.41) is 6.66. The number of hydrogen-bond acceptors (Lipinski definition) is 5. The summed E-state index contributed by atoms with van der Waals surface area (Å²) >= 11 is 0. The van der Waals surface area contributed by atoms with E-state index in [-0.39, 0.29) is 6.10 Å². The van der Waals surface area contributed by atoms with Crippen LogP contribution in [-0.4, -0.2) is 6.10 Å². The van der Waals surface area contributed by atoms with Crippen molar-refractivity contribution in [3.63, 3.8) is 0 Å². The first kappa shape index (κ1) is 35.0. The van der Waals surface area contributed by atoms with Gasteiger partial charge in [-0.2, -0.15) is 0 Å². The molecule has 2 heterocycles. The molecule has 0 radical (unpaired) electrons. The third-order valence-electron chi connectivity index (χ3n) is 11.9. The van der Waals surface area contributed by atoms with E-state index >= 15 is 0 Å². The molecule has 0 bridgehead atoms. The standard InChI is InChI=1S/C56H38N2O3/c1-3-15-39(16-4-1)57(40-17-5-2-6-18-40)44-27-29-47-48-30-32-52(49-22-12-24-54(56(48)49)61-55(47)36-44)59-45-20-11-19-41(34-45)58(42-26-25-37-13-7-8-14-38(37)33-42)43-28-31-53-50(35-43)46-21-9-10-23-51(46)60-53/h1-33,35-36,45H,34H2. The Kier molecular flexibility index (Phi) is 8.23. The van der Waals surface area contributed by atoms with Gasteiger partial charge in [-0.15, -0.1) is 0 Å². The molecule has 1 aromatic heterocycles. The van der Waals surface area contributed by atoms with Crippen LogP contribution < -0.4 is 19.3 Å². The monoisotopic (exact) mass is 786 g/mol. The Morgan fingerprint density at radius 3 is 1.98 bits per heavy atom. The van der Waals surface area contributed by atoms with Crippen LogP contribution in [0.4, 0.5) is 28.4 Å². The number of fused-ring (bicyclic) bond motifs is 6. The molecule has 0 spiro atoms. The summed E-state index contributed by atoms with van der Waals surface area (Å²) in [6, 6.07) is 67.9. The quantitative estimate of drug-likeness (QED) is 0.153. The topological polar surface area (TPSA) is 38.1 Å². The molecule has 1 unspecified atom stereocenters. The highest BCUT2D eigenvalue weighted by atomic mass is 16.5. The first-order chi connectivity index (χ1) is 30.2. The molecule has 1 aliphatic heterocycles. The number of anilines is 5.